The third-order valence-corrected chi connectivity index (χ3v) is 6.24. The number of hydrogen-bond donors (Lipinski definition) is 1. The molecule has 1 amide bonds. The van der Waals surface area contributed by atoms with Gasteiger partial charge in [-0.05, 0) is 48.5 Å². The average Bonchev–Trinajstić information content (AvgIpc) is 2.88. The molecule has 0 aromatic heterocycles. The lowest BCUT2D eigenvalue weighted by Crippen LogP contribution is -2.47. The molecule has 0 bridgehead atoms. The number of hydrogen-bond acceptors (Lipinski definition) is 5. The van der Waals surface area contributed by atoms with Crippen LogP contribution in [0.3, 0.4) is 0 Å². The zero-order chi connectivity index (χ0) is 18.9. The largest absolute Gasteiger partial charge is 0.497 e. The lowest BCUT2D eigenvalue weighted by molar-refractivity contribution is 0.0945. The van der Waals surface area contributed by atoms with E-state index in [4.69, 9.17) is 16.3 Å². The molecule has 3 rings (SSSR count). The van der Waals surface area contributed by atoms with E-state index in [-0.39, 0.29) is 11.5 Å². The third-order valence-electron chi connectivity index (χ3n) is 4.29. The van der Waals surface area contributed by atoms with Gasteiger partial charge in [0, 0.05) is 16.3 Å². The number of ether oxygens (including phenoxy) is 1. The fourth-order valence-electron chi connectivity index (χ4n) is 2.99. The number of aliphatic hydroxyl groups excluding tert-OH is 1. The lowest BCUT2D eigenvalue weighted by atomic mass is 10.1. The van der Waals surface area contributed by atoms with E-state index in [1.807, 2.05) is 0 Å². The number of benzene rings is 2. The Bertz CT molecular complexity index is 896. The molecule has 2 aromatic carbocycles. The molecule has 0 saturated carbocycles. The monoisotopic (exact) mass is 395 g/mol. The van der Waals surface area contributed by atoms with Crippen molar-refractivity contribution in [2.75, 3.05) is 23.5 Å². The van der Waals surface area contributed by atoms with Gasteiger partial charge in [-0.3, -0.25) is 4.79 Å². The molecule has 0 spiro atoms. The number of aliphatic hydroxyl groups is 1. The quantitative estimate of drug-likeness (QED) is 0.857. The van der Waals surface area contributed by atoms with Crippen molar-refractivity contribution in [1.29, 1.82) is 0 Å². The average molecular weight is 396 g/mol. The van der Waals surface area contributed by atoms with Gasteiger partial charge in [-0.1, -0.05) is 11.6 Å². The zero-order valence-electron chi connectivity index (χ0n) is 14.0. The van der Waals surface area contributed by atoms with E-state index in [1.54, 1.807) is 48.5 Å². The summed E-state index contributed by atoms with van der Waals surface area (Å²) in [5.41, 5.74) is 0.827. The van der Waals surface area contributed by atoms with Gasteiger partial charge in [0.05, 0.1) is 30.8 Å². The first kappa shape index (κ1) is 18.7. The number of rotatable bonds is 4. The molecule has 1 aliphatic heterocycles. The maximum absolute atomic E-state index is 13.1. The molecule has 0 unspecified atom stereocenters. The minimum atomic E-state index is -3.42. The first-order valence-corrected chi connectivity index (χ1v) is 10.1. The molecule has 8 heteroatoms. The van der Waals surface area contributed by atoms with Crippen LogP contribution in [0, 0.1) is 0 Å². The smallest absolute Gasteiger partial charge is 0.258 e. The Balaban J connectivity index is 2.03. The van der Waals surface area contributed by atoms with E-state index in [2.05, 4.69) is 0 Å². The number of sulfone groups is 1. The van der Waals surface area contributed by atoms with Crippen molar-refractivity contribution in [3.63, 3.8) is 0 Å². The van der Waals surface area contributed by atoms with Crippen molar-refractivity contribution in [2.45, 2.75) is 12.1 Å². The van der Waals surface area contributed by atoms with E-state index in [0.717, 1.165) is 0 Å². The summed E-state index contributed by atoms with van der Waals surface area (Å²) >= 11 is 5.88. The van der Waals surface area contributed by atoms with E-state index in [0.29, 0.717) is 22.0 Å². The van der Waals surface area contributed by atoms with Gasteiger partial charge in [-0.25, -0.2) is 8.42 Å². The maximum atomic E-state index is 13.1. The van der Waals surface area contributed by atoms with Crippen molar-refractivity contribution >= 4 is 33.0 Å². The van der Waals surface area contributed by atoms with Crippen LogP contribution in [0.25, 0.3) is 0 Å². The van der Waals surface area contributed by atoms with Crippen molar-refractivity contribution in [1.82, 2.24) is 0 Å². The summed E-state index contributed by atoms with van der Waals surface area (Å²) in [7, 11) is -1.90. The molecule has 1 heterocycles. The zero-order valence-corrected chi connectivity index (χ0v) is 15.6. The number of carbonyl (C=O) groups excluding carboxylic acids is 1. The van der Waals surface area contributed by atoms with E-state index in [9.17, 15) is 18.3 Å². The van der Waals surface area contributed by atoms with Crippen LogP contribution in [0.1, 0.15) is 10.4 Å². The van der Waals surface area contributed by atoms with Crippen LogP contribution < -0.4 is 9.64 Å². The molecule has 2 aromatic rings. The first-order valence-electron chi connectivity index (χ1n) is 7.92. The summed E-state index contributed by atoms with van der Waals surface area (Å²) in [6, 6.07) is 12.1. The second-order valence-electron chi connectivity index (χ2n) is 6.09. The van der Waals surface area contributed by atoms with Crippen LogP contribution in [0.5, 0.6) is 5.75 Å². The Morgan fingerprint density at radius 1 is 1.12 bits per heavy atom. The number of anilines is 1. The predicted octanol–water partition coefficient (Wildman–Crippen LogP) is 2.15. The summed E-state index contributed by atoms with van der Waals surface area (Å²) in [6.45, 7) is 0. The molecule has 26 heavy (non-hydrogen) atoms. The van der Waals surface area contributed by atoms with Gasteiger partial charge >= 0.3 is 0 Å². The normalized spacial score (nSPS) is 21.3. The molecular weight excluding hydrogens is 378 g/mol. The van der Waals surface area contributed by atoms with Gasteiger partial charge in [0.2, 0.25) is 0 Å². The SMILES string of the molecule is COc1ccc(N(C(=O)c2ccc(Cl)cc2)[C@@H]2CS(=O)(=O)C[C@@H]2O)cc1. The fourth-order valence-corrected chi connectivity index (χ4v) is 4.89. The Morgan fingerprint density at radius 3 is 2.23 bits per heavy atom. The van der Waals surface area contributed by atoms with E-state index < -0.39 is 27.9 Å². The van der Waals surface area contributed by atoms with Gasteiger partial charge in [-0.2, -0.15) is 0 Å². The number of nitrogens with zero attached hydrogens (tertiary/aromatic N) is 1. The van der Waals surface area contributed by atoms with Crippen molar-refractivity contribution in [2.24, 2.45) is 0 Å². The molecule has 0 radical (unpaired) electrons. The second kappa shape index (κ2) is 7.26. The summed E-state index contributed by atoms with van der Waals surface area (Å²) in [5, 5.41) is 10.8. The van der Waals surface area contributed by atoms with Crippen molar-refractivity contribution in [3.05, 3.63) is 59.1 Å². The lowest BCUT2D eigenvalue weighted by Gasteiger charge is -2.30. The molecule has 1 N–H and O–H groups in total. The van der Waals surface area contributed by atoms with Crippen LogP contribution in [0.15, 0.2) is 48.5 Å². The van der Waals surface area contributed by atoms with Crippen LogP contribution in [-0.2, 0) is 9.84 Å². The standard InChI is InChI=1S/C18H18ClNO5S/c1-25-15-8-6-14(7-9-15)20(16-10-26(23,24)11-17(16)21)18(22)12-2-4-13(19)5-3-12/h2-9,16-17,21H,10-11H2,1H3/t16-,17+/m1/s1. The van der Waals surface area contributed by atoms with Gasteiger partial charge < -0.3 is 14.7 Å². The highest BCUT2D eigenvalue weighted by molar-refractivity contribution is 7.91. The van der Waals surface area contributed by atoms with Crippen molar-refractivity contribution in [3.8, 4) is 5.75 Å². The van der Waals surface area contributed by atoms with Crippen LogP contribution in [0.4, 0.5) is 5.69 Å². The van der Waals surface area contributed by atoms with Gasteiger partial charge in [0.25, 0.3) is 5.91 Å². The number of amides is 1. The number of methoxy groups -OCH3 is 1. The van der Waals surface area contributed by atoms with E-state index >= 15 is 0 Å². The summed E-state index contributed by atoms with van der Waals surface area (Å²) in [5.74, 6) is -0.460. The molecule has 6 nitrogen and oxygen atoms in total. The highest BCUT2D eigenvalue weighted by Gasteiger charge is 2.42. The Kier molecular flexibility index (Phi) is 5.22. The van der Waals surface area contributed by atoms with Gasteiger partial charge in [-0.15, -0.1) is 0 Å². The molecule has 0 aliphatic carbocycles. The second-order valence-corrected chi connectivity index (χ2v) is 8.68. The maximum Gasteiger partial charge on any atom is 0.258 e. The minimum Gasteiger partial charge on any atom is -0.497 e. The van der Waals surface area contributed by atoms with Gasteiger partial charge in [0.15, 0.2) is 9.84 Å². The third kappa shape index (κ3) is 3.85. The summed E-state index contributed by atoms with van der Waals surface area (Å²) in [6.07, 6.45) is -1.15. The van der Waals surface area contributed by atoms with Crippen LogP contribution in [0.2, 0.25) is 5.02 Å². The summed E-state index contributed by atoms with van der Waals surface area (Å²) in [4.78, 5) is 14.4. The molecular formula is C18H18ClNO5S. The first-order chi connectivity index (χ1) is 12.3. The highest BCUT2D eigenvalue weighted by Crippen LogP contribution is 2.28. The fraction of sp³-hybridized carbons (Fsp3) is 0.278. The summed E-state index contributed by atoms with van der Waals surface area (Å²) < 4.78 is 29.0. The van der Waals surface area contributed by atoms with Crippen LogP contribution in [-0.4, -0.2) is 50.2 Å². The van der Waals surface area contributed by atoms with Crippen molar-refractivity contribution < 1.29 is 23.1 Å². The molecule has 1 aliphatic rings. The van der Waals surface area contributed by atoms with E-state index in [1.165, 1.54) is 12.0 Å². The highest BCUT2D eigenvalue weighted by atomic mass is 35.5. The Morgan fingerprint density at radius 2 is 1.73 bits per heavy atom. The molecule has 138 valence electrons. The molecule has 1 saturated heterocycles. The molecule has 1 fully saturated rings. The van der Waals surface area contributed by atoms with Gasteiger partial charge in [0.1, 0.15) is 5.75 Å². The Labute approximate surface area is 156 Å². The number of carbonyl (C=O) groups is 1. The number of halogens is 1. The molecule has 2 atom stereocenters. The minimum absolute atomic E-state index is 0.292. The topological polar surface area (TPSA) is 83.9 Å². The van der Waals surface area contributed by atoms with Crippen LogP contribution >= 0.6 is 11.6 Å². The predicted molar refractivity (Wildman–Crippen MR) is 99.7 cm³/mol. The Hall–Kier alpha value is -2.09.